The van der Waals surface area contributed by atoms with Crippen LogP contribution in [0.5, 0.6) is 11.6 Å². The fourth-order valence-corrected chi connectivity index (χ4v) is 3.89. The number of amides is 1. The number of aromatic nitrogens is 2. The Kier molecular flexibility index (Phi) is 9.46. The van der Waals surface area contributed by atoms with E-state index < -0.39 is 42.0 Å². The summed E-state index contributed by atoms with van der Waals surface area (Å²) in [6.45, 7) is 3.99. The highest BCUT2D eigenvalue weighted by atomic mass is 19.4. The fraction of sp³-hybridized carbons (Fsp3) is 0.357. The Hall–Kier alpha value is -4.20. The third-order valence-electron chi connectivity index (χ3n) is 5.97. The lowest BCUT2D eigenvalue weighted by Gasteiger charge is -2.30. The number of nitrogens with one attached hydrogen (secondary N) is 1. The SMILES string of the molecule is C[C@H](NC(=O)C(C)(C)Oc1cc(C(F)(F)F)ncn1)[C@@H](Cc1ccc(OCCF)cc1)c1cccc(C#N)c1. The zero-order valence-corrected chi connectivity index (χ0v) is 21.6. The van der Waals surface area contributed by atoms with E-state index in [1.807, 2.05) is 18.2 Å². The van der Waals surface area contributed by atoms with Gasteiger partial charge in [0.2, 0.25) is 5.88 Å². The maximum atomic E-state index is 13.2. The molecule has 2 atom stereocenters. The molecule has 206 valence electrons. The standard InChI is InChI=1S/C28H28F4N4O3/c1-18(36-26(37)27(2,3)39-25-15-24(28(30,31)32)34-17-35-25)23(21-6-4-5-20(13-21)16-33)14-19-7-9-22(10-8-19)38-12-11-29/h4-10,13,15,17-18,23H,11-12,14H2,1-3H3,(H,36,37)/t18-,23+/m0/s1. The summed E-state index contributed by atoms with van der Waals surface area (Å²) in [5.41, 5.74) is -0.578. The molecule has 0 aliphatic carbocycles. The van der Waals surface area contributed by atoms with Gasteiger partial charge in [-0.25, -0.2) is 14.4 Å². The van der Waals surface area contributed by atoms with Crippen LogP contribution in [0.3, 0.4) is 0 Å². The monoisotopic (exact) mass is 544 g/mol. The lowest BCUT2D eigenvalue weighted by Crippen LogP contribution is -2.51. The van der Waals surface area contributed by atoms with Crippen LogP contribution in [0.1, 0.15) is 49.1 Å². The van der Waals surface area contributed by atoms with Crippen molar-refractivity contribution in [1.29, 1.82) is 5.26 Å². The highest BCUT2D eigenvalue weighted by Crippen LogP contribution is 2.30. The molecule has 1 aromatic heterocycles. The average molecular weight is 545 g/mol. The summed E-state index contributed by atoms with van der Waals surface area (Å²) >= 11 is 0. The maximum Gasteiger partial charge on any atom is 0.433 e. The molecule has 0 spiro atoms. The number of carbonyl (C=O) groups is 1. The van der Waals surface area contributed by atoms with Crippen LogP contribution in [0.25, 0.3) is 0 Å². The van der Waals surface area contributed by atoms with Crippen molar-refractivity contribution in [3.63, 3.8) is 0 Å². The van der Waals surface area contributed by atoms with Crippen LogP contribution in [-0.4, -0.2) is 40.8 Å². The van der Waals surface area contributed by atoms with E-state index in [2.05, 4.69) is 21.4 Å². The largest absolute Gasteiger partial charge is 0.491 e. The minimum absolute atomic E-state index is 0.0453. The molecule has 0 aliphatic heterocycles. The molecule has 1 heterocycles. The van der Waals surface area contributed by atoms with Crippen molar-refractivity contribution < 1.29 is 31.8 Å². The summed E-state index contributed by atoms with van der Waals surface area (Å²) in [4.78, 5) is 20.1. The quantitative estimate of drug-likeness (QED) is 0.325. The molecule has 1 amide bonds. The number of hydrogen-bond acceptors (Lipinski definition) is 6. The first-order chi connectivity index (χ1) is 18.4. The number of ether oxygens (including phenoxy) is 2. The van der Waals surface area contributed by atoms with Gasteiger partial charge < -0.3 is 14.8 Å². The first kappa shape index (κ1) is 29.4. The summed E-state index contributed by atoms with van der Waals surface area (Å²) in [7, 11) is 0. The van der Waals surface area contributed by atoms with Gasteiger partial charge >= 0.3 is 6.18 Å². The molecule has 7 nitrogen and oxygen atoms in total. The lowest BCUT2D eigenvalue weighted by molar-refractivity contribution is -0.141. The highest BCUT2D eigenvalue weighted by Gasteiger charge is 2.36. The van der Waals surface area contributed by atoms with E-state index in [1.54, 1.807) is 37.3 Å². The predicted octanol–water partition coefficient (Wildman–Crippen LogP) is 5.40. The highest BCUT2D eigenvalue weighted by molar-refractivity contribution is 5.85. The van der Waals surface area contributed by atoms with Crippen molar-refractivity contribution in [2.24, 2.45) is 0 Å². The second-order valence-electron chi connectivity index (χ2n) is 9.34. The molecule has 1 N–H and O–H groups in total. The maximum absolute atomic E-state index is 13.2. The van der Waals surface area contributed by atoms with Gasteiger partial charge in [-0.3, -0.25) is 4.79 Å². The Bertz CT molecular complexity index is 1310. The Balaban J connectivity index is 1.80. The summed E-state index contributed by atoms with van der Waals surface area (Å²) in [6, 6.07) is 16.4. The van der Waals surface area contributed by atoms with Crippen LogP contribution in [0, 0.1) is 11.3 Å². The van der Waals surface area contributed by atoms with Crippen molar-refractivity contribution >= 4 is 5.91 Å². The summed E-state index contributed by atoms with van der Waals surface area (Å²) < 4.78 is 62.3. The molecule has 3 rings (SSSR count). The van der Waals surface area contributed by atoms with Crippen LogP contribution in [0.2, 0.25) is 0 Å². The van der Waals surface area contributed by atoms with Gasteiger partial charge in [-0.05, 0) is 62.6 Å². The number of carbonyl (C=O) groups excluding carboxylic acids is 1. The molecule has 11 heteroatoms. The number of alkyl halides is 4. The van der Waals surface area contributed by atoms with E-state index in [1.165, 1.54) is 13.8 Å². The number of nitrogens with zero attached hydrogens (tertiary/aromatic N) is 3. The van der Waals surface area contributed by atoms with Crippen LogP contribution < -0.4 is 14.8 Å². The van der Waals surface area contributed by atoms with Gasteiger partial charge in [-0.15, -0.1) is 0 Å². The van der Waals surface area contributed by atoms with Gasteiger partial charge in [0.1, 0.15) is 25.4 Å². The third kappa shape index (κ3) is 8.14. The van der Waals surface area contributed by atoms with Gasteiger partial charge in [0.05, 0.1) is 11.6 Å². The van der Waals surface area contributed by atoms with Gasteiger partial charge in [0.15, 0.2) is 11.3 Å². The van der Waals surface area contributed by atoms with Crippen molar-refractivity contribution in [2.45, 2.75) is 50.9 Å². The van der Waals surface area contributed by atoms with Crippen molar-refractivity contribution in [3.05, 3.63) is 83.3 Å². The Morgan fingerprint density at radius 2 is 1.82 bits per heavy atom. The molecule has 0 saturated heterocycles. The van der Waals surface area contributed by atoms with Gasteiger partial charge in [0.25, 0.3) is 5.91 Å². The van der Waals surface area contributed by atoms with E-state index in [9.17, 15) is 27.6 Å². The number of hydrogen-bond donors (Lipinski definition) is 1. The Morgan fingerprint density at radius 3 is 2.46 bits per heavy atom. The van der Waals surface area contributed by atoms with E-state index >= 15 is 0 Å². The zero-order chi connectivity index (χ0) is 28.6. The van der Waals surface area contributed by atoms with E-state index in [4.69, 9.17) is 9.47 Å². The Morgan fingerprint density at radius 1 is 1.10 bits per heavy atom. The van der Waals surface area contributed by atoms with E-state index in [0.29, 0.717) is 23.8 Å². The van der Waals surface area contributed by atoms with Crippen LogP contribution >= 0.6 is 0 Å². The number of benzene rings is 2. The van der Waals surface area contributed by atoms with Gasteiger partial charge in [-0.2, -0.15) is 18.4 Å². The summed E-state index contributed by atoms with van der Waals surface area (Å²) in [6.07, 6.45) is -3.49. The summed E-state index contributed by atoms with van der Waals surface area (Å²) in [5.74, 6) is -0.721. The van der Waals surface area contributed by atoms with E-state index in [-0.39, 0.29) is 12.5 Å². The summed E-state index contributed by atoms with van der Waals surface area (Å²) in [5, 5.41) is 12.3. The smallest absolute Gasteiger partial charge is 0.433 e. The number of nitriles is 1. The van der Waals surface area contributed by atoms with E-state index in [0.717, 1.165) is 17.5 Å². The van der Waals surface area contributed by atoms with Crippen LogP contribution in [0.15, 0.2) is 60.9 Å². The second kappa shape index (κ2) is 12.6. The normalized spacial score (nSPS) is 13.2. The van der Waals surface area contributed by atoms with Gasteiger partial charge in [-0.1, -0.05) is 24.3 Å². The minimum atomic E-state index is -4.69. The number of rotatable bonds is 11. The second-order valence-corrected chi connectivity index (χ2v) is 9.34. The Labute approximate surface area is 223 Å². The van der Waals surface area contributed by atoms with Crippen molar-refractivity contribution in [1.82, 2.24) is 15.3 Å². The topological polar surface area (TPSA) is 97.1 Å². The van der Waals surface area contributed by atoms with Crippen LogP contribution in [0.4, 0.5) is 17.6 Å². The molecule has 2 aromatic carbocycles. The zero-order valence-electron chi connectivity index (χ0n) is 21.6. The average Bonchev–Trinajstić information content (AvgIpc) is 2.90. The first-order valence-corrected chi connectivity index (χ1v) is 12.1. The van der Waals surface area contributed by atoms with Gasteiger partial charge in [0, 0.05) is 18.0 Å². The molecule has 39 heavy (non-hydrogen) atoms. The molecule has 0 radical (unpaired) electrons. The molecule has 3 aromatic rings. The molecule has 0 saturated carbocycles. The first-order valence-electron chi connectivity index (χ1n) is 12.1. The molecule has 0 bridgehead atoms. The lowest BCUT2D eigenvalue weighted by atomic mass is 9.85. The molecular formula is C28H28F4N4O3. The van der Waals surface area contributed by atoms with Crippen LogP contribution in [-0.2, 0) is 17.4 Å². The molecule has 0 unspecified atom stereocenters. The minimum Gasteiger partial charge on any atom is -0.491 e. The fourth-order valence-electron chi connectivity index (χ4n) is 3.89. The molecule has 0 aliphatic rings. The predicted molar refractivity (Wildman–Crippen MR) is 135 cm³/mol. The molecule has 0 fully saturated rings. The third-order valence-corrected chi connectivity index (χ3v) is 5.97. The van der Waals surface area contributed by atoms with Crippen molar-refractivity contribution in [2.75, 3.05) is 13.3 Å². The molecular weight excluding hydrogens is 516 g/mol. The van der Waals surface area contributed by atoms with Crippen molar-refractivity contribution in [3.8, 4) is 17.7 Å². The number of halogens is 4.